The Morgan fingerprint density at radius 3 is 2.62 bits per heavy atom. The molecule has 2 atom stereocenters. The molecular weight excluding hydrogens is 454 g/mol. The predicted molar refractivity (Wildman–Crippen MR) is 128 cm³/mol. The van der Waals surface area contributed by atoms with Crippen LogP contribution in [0.15, 0.2) is 65.0 Å². The zero-order chi connectivity index (χ0) is 23.8. The van der Waals surface area contributed by atoms with E-state index >= 15 is 0 Å². The van der Waals surface area contributed by atoms with Crippen LogP contribution in [0.1, 0.15) is 56.1 Å². The van der Waals surface area contributed by atoms with Crippen LogP contribution in [-0.4, -0.2) is 25.2 Å². The third kappa shape index (κ3) is 3.96. The molecule has 0 unspecified atom stereocenters. The maximum absolute atomic E-state index is 13.7. The Balaban J connectivity index is 1.62. The summed E-state index contributed by atoms with van der Waals surface area (Å²) < 4.78 is 16.6. The maximum atomic E-state index is 13.7. The predicted octanol–water partition coefficient (Wildman–Crippen LogP) is 5.38. The van der Waals surface area contributed by atoms with Crippen LogP contribution >= 0.6 is 11.6 Å². The second-order valence-corrected chi connectivity index (χ2v) is 9.20. The van der Waals surface area contributed by atoms with Crippen molar-refractivity contribution in [1.29, 1.82) is 0 Å². The average molecular weight is 480 g/mol. The molecule has 1 aliphatic carbocycles. The van der Waals surface area contributed by atoms with Crippen molar-refractivity contribution in [2.24, 2.45) is 0 Å². The smallest absolute Gasteiger partial charge is 0.336 e. The number of benzene rings is 2. The Hall–Kier alpha value is -3.25. The van der Waals surface area contributed by atoms with E-state index in [0.29, 0.717) is 64.8 Å². The van der Waals surface area contributed by atoms with Gasteiger partial charge in [-0.3, -0.25) is 4.79 Å². The van der Waals surface area contributed by atoms with Gasteiger partial charge in [0, 0.05) is 40.4 Å². The largest absolute Gasteiger partial charge is 0.462 e. The molecule has 0 saturated heterocycles. The van der Waals surface area contributed by atoms with E-state index < -0.39 is 11.9 Å². The summed E-state index contributed by atoms with van der Waals surface area (Å²) in [6, 6.07) is 13.5. The lowest BCUT2D eigenvalue weighted by Crippen LogP contribution is -2.36. The molecule has 1 N–H and O–H groups in total. The molecule has 2 aliphatic heterocycles. The molecule has 0 fully saturated rings. The second kappa shape index (κ2) is 9.18. The van der Waals surface area contributed by atoms with Crippen molar-refractivity contribution in [3.05, 3.63) is 81.2 Å². The van der Waals surface area contributed by atoms with Crippen molar-refractivity contribution in [3.8, 4) is 11.5 Å². The van der Waals surface area contributed by atoms with E-state index in [9.17, 15) is 9.59 Å². The number of Topliss-reactive ketones (excluding diaryl/α,β-unsaturated/α-hetero) is 1. The van der Waals surface area contributed by atoms with Gasteiger partial charge in [0.1, 0.15) is 0 Å². The number of dihydropyridines is 1. The van der Waals surface area contributed by atoms with Gasteiger partial charge in [-0.25, -0.2) is 4.79 Å². The minimum atomic E-state index is -0.646. The van der Waals surface area contributed by atoms with Gasteiger partial charge in [0.2, 0.25) is 6.79 Å². The number of fused-ring (bicyclic) bond motifs is 1. The van der Waals surface area contributed by atoms with E-state index in [2.05, 4.69) is 17.4 Å². The number of hydrogen-bond acceptors (Lipinski definition) is 6. The molecule has 176 valence electrons. The van der Waals surface area contributed by atoms with Crippen molar-refractivity contribution in [2.75, 3.05) is 13.4 Å². The minimum absolute atomic E-state index is 0.00497. The molecule has 3 aliphatic rings. The molecule has 34 heavy (non-hydrogen) atoms. The van der Waals surface area contributed by atoms with Gasteiger partial charge in [0.25, 0.3) is 0 Å². The highest BCUT2D eigenvalue weighted by Crippen LogP contribution is 2.49. The summed E-state index contributed by atoms with van der Waals surface area (Å²) >= 11 is 6.70. The van der Waals surface area contributed by atoms with Crippen LogP contribution in [0.5, 0.6) is 11.5 Å². The zero-order valence-corrected chi connectivity index (χ0v) is 19.9. The van der Waals surface area contributed by atoms with E-state index in [-0.39, 0.29) is 18.5 Å². The first kappa shape index (κ1) is 22.5. The molecule has 5 rings (SSSR count). The minimum Gasteiger partial charge on any atom is -0.462 e. The van der Waals surface area contributed by atoms with Gasteiger partial charge in [-0.2, -0.15) is 0 Å². The number of carbonyl (C=O) groups is 2. The second-order valence-electron chi connectivity index (χ2n) is 8.79. The van der Waals surface area contributed by atoms with Crippen molar-refractivity contribution >= 4 is 23.4 Å². The fourth-order valence-corrected chi connectivity index (χ4v) is 5.27. The van der Waals surface area contributed by atoms with E-state index in [1.54, 1.807) is 12.1 Å². The van der Waals surface area contributed by atoms with E-state index in [4.69, 9.17) is 25.8 Å². The van der Waals surface area contributed by atoms with Gasteiger partial charge in [-0.15, -0.1) is 0 Å². The van der Waals surface area contributed by atoms with E-state index in [1.165, 1.54) is 0 Å². The quantitative estimate of drug-likeness (QED) is 0.580. The van der Waals surface area contributed by atoms with Gasteiger partial charge in [0.15, 0.2) is 17.3 Å². The van der Waals surface area contributed by atoms with Crippen LogP contribution < -0.4 is 14.8 Å². The standard InChI is InChI=1S/C27H26ClNO5/c1-3-9-32-27(31)24-15(2)29-20-10-17(16-7-5-4-6-8-16)11-21(30)26(20)25(24)18-12-22-23(13-19(18)28)34-14-33-22/h4-8,12-13,17,25,29H,3,9-11,14H2,1-2H3/t17-,25+/m1/s1. The topological polar surface area (TPSA) is 73.9 Å². The molecule has 0 radical (unpaired) electrons. The van der Waals surface area contributed by atoms with Crippen LogP contribution in [0.3, 0.4) is 0 Å². The summed E-state index contributed by atoms with van der Waals surface area (Å²) in [6.45, 7) is 4.19. The Bertz CT molecular complexity index is 1220. The lowest BCUT2D eigenvalue weighted by molar-refractivity contribution is -0.139. The van der Waals surface area contributed by atoms with Gasteiger partial charge in [0.05, 0.1) is 12.2 Å². The summed E-state index contributed by atoms with van der Waals surface area (Å²) in [4.78, 5) is 26.9. The molecule has 0 saturated carbocycles. The normalized spacial score (nSPS) is 21.3. The first-order valence-electron chi connectivity index (χ1n) is 11.5. The Labute approximate surface area is 203 Å². The summed E-state index contributed by atoms with van der Waals surface area (Å²) in [7, 11) is 0. The first-order valence-corrected chi connectivity index (χ1v) is 11.9. The highest BCUT2D eigenvalue weighted by Gasteiger charge is 2.42. The Morgan fingerprint density at radius 2 is 1.88 bits per heavy atom. The number of nitrogens with one attached hydrogen (secondary N) is 1. The first-order chi connectivity index (χ1) is 16.5. The molecule has 0 amide bonds. The molecule has 2 aromatic carbocycles. The van der Waals surface area contributed by atoms with Crippen LogP contribution in [0, 0.1) is 0 Å². The summed E-state index contributed by atoms with van der Waals surface area (Å²) in [5, 5.41) is 3.78. The number of halogens is 1. The van der Waals surface area contributed by atoms with Gasteiger partial charge in [-0.1, -0.05) is 48.9 Å². The molecule has 2 aromatic rings. The van der Waals surface area contributed by atoms with Crippen molar-refractivity contribution in [1.82, 2.24) is 5.32 Å². The summed E-state index contributed by atoms with van der Waals surface area (Å²) in [5.74, 6) is 0.0574. The van der Waals surface area contributed by atoms with Crippen molar-refractivity contribution in [2.45, 2.75) is 44.9 Å². The molecule has 2 heterocycles. The third-order valence-corrected chi connectivity index (χ3v) is 6.89. The van der Waals surface area contributed by atoms with E-state index in [0.717, 1.165) is 11.3 Å². The summed E-state index contributed by atoms with van der Waals surface area (Å²) in [5.41, 5.74) is 4.22. The van der Waals surface area contributed by atoms with Crippen LogP contribution in [0.2, 0.25) is 5.02 Å². The third-order valence-electron chi connectivity index (χ3n) is 6.56. The van der Waals surface area contributed by atoms with Gasteiger partial charge in [-0.05, 0) is 42.9 Å². The van der Waals surface area contributed by atoms with E-state index in [1.807, 2.05) is 32.0 Å². The molecule has 0 spiro atoms. The molecule has 6 nitrogen and oxygen atoms in total. The monoisotopic (exact) mass is 479 g/mol. The van der Waals surface area contributed by atoms with Crippen LogP contribution in [0.25, 0.3) is 0 Å². The fraction of sp³-hybridized carbons (Fsp3) is 0.333. The Morgan fingerprint density at radius 1 is 1.15 bits per heavy atom. The van der Waals surface area contributed by atoms with Gasteiger partial charge < -0.3 is 19.5 Å². The van der Waals surface area contributed by atoms with Crippen molar-refractivity contribution < 1.29 is 23.8 Å². The lowest BCUT2D eigenvalue weighted by atomic mass is 9.71. The number of carbonyl (C=O) groups excluding carboxylic acids is 2. The number of ketones is 1. The summed E-state index contributed by atoms with van der Waals surface area (Å²) in [6.07, 6.45) is 1.73. The number of allylic oxidation sites excluding steroid dienone is 3. The van der Waals surface area contributed by atoms with Crippen LogP contribution in [0.4, 0.5) is 0 Å². The lowest BCUT2D eigenvalue weighted by Gasteiger charge is -2.37. The highest BCUT2D eigenvalue weighted by molar-refractivity contribution is 6.32. The number of ether oxygens (including phenoxy) is 3. The number of esters is 1. The number of hydrogen-bond donors (Lipinski definition) is 1. The fourth-order valence-electron chi connectivity index (χ4n) is 5.01. The maximum Gasteiger partial charge on any atom is 0.336 e. The molecule has 0 bridgehead atoms. The molecular formula is C27H26ClNO5. The molecule has 0 aromatic heterocycles. The average Bonchev–Trinajstić information content (AvgIpc) is 3.28. The molecule has 7 heteroatoms. The number of rotatable bonds is 5. The SMILES string of the molecule is CCCOC(=O)C1=C(C)NC2=C(C(=O)C[C@H](c3ccccc3)C2)[C@H]1c1cc2c(cc1Cl)OCO2. The zero-order valence-electron chi connectivity index (χ0n) is 19.2. The van der Waals surface area contributed by atoms with Gasteiger partial charge >= 0.3 is 5.97 Å². The Kier molecular flexibility index (Phi) is 6.09. The highest BCUT2D eigenvalue weighted by atomic mass is 35.5. The van der Waals surface area contributed by atoms with Crippen molar-refractivity contribution in [3.63, 3.8) is 0 Å². The van der Waals surface area contributed by atoms with Crippen LogP contribution in [-0.2, 0) is 14.3 Å².